The Balaban J connectivity index is 1.66. The molecule has 1 fully saturated rings. The standard InChI is InChI=1S/C27H23ClF4N2O3/c1-33(25(35)18-7-12-24(37-2)22(13-18)27(30,31)32)23-15-34(26(36)17-5-10-20(29)11-6-17)14-21(23)16-3-8-19(28)9-4-16/h3-13,21,23H,14-15H2,1-2H3/t21-,23+/m1/s1. The van der Waals surface area contributed by atoms with Gasteiger partial charge in [-0.15, -0.1) is 0 Å². The van der Waals surface area contributed by atoms with Crippen molar-refractivity contribution in [2.24, 2.45) is 0 Å². The quantitative estimate of drug-likeness (QED) is 0.384. The Labute approximate surface area is 216 Å². The third-order valence-corrected chi connectivity index (χ3v) is 6.79. The number of ether oxygens (including phenoxy) is 1. The van der Waals surface area contributed by atoms with Crippen LogP contribution in [0.4, 0.5) is 17.6 Å². The molecule has 3 aromatic rings. The van der Waals surface area contributed by atoms with Crippen molar-refractivity contribution in [2.75, 3.05) is 27.2 Å². The van der Waals surface area contributed by atoms with Gasteiger partial charge >= 0.3 is 6.18 Å². The molecule has 3 aromatic carbocycles. The Bertz CT molecular complexity index is 1300. The van der Waals surface area contributed by atoms with Crippen LogP contribution in [-0.4, -0.2) is 54.9 Å². The number of halogens is 5. The molecule has 0 unspecified atom stereocenters. The molecule has 0 radical (unpaired) electrons. The number of hydrogen-bond acceptors (Lipinski definition) is 3. The lowest BCUT2D eigenvalue weighted by Gasteiger charge is -2.29. The maximum Gasteiger partial charge on any atom is 0.419 e. The average Bonchev–Trinajstić information content (AvgIpc) is 3.33. The summed E-state index contributed by atoms with van der Waals surface area (Å²) in [6, 6.07) is 14.7. The zero-order valence-electron chi connectivity index (χ0n) is 19.9. The fourth-order valence-electron chi connectivity index (χ4n) is 4.57. The molecule has 2 atom stereocenters. The van der Waals surface area contributed by atoms with E-state index in [1.807, 2.05) is 0 Å². The van der Waals surface area contributed by atoms with Gasteiger partial charge < -0.3 is 14.5 Å². The molecule has 194 valence electrons. The first kappa shape index (κ1) is 26.5. The molecular weight excluding hydrogens is 512 g/mol. The van der Waals surface area contributed by atoms with Crippen molar-refractivity contribution in [3.8, 4) is 5.75 Å². The van der Waals surface area contributed by atoms with Crippen LogP contribution in [0.1, 0.15) is 37.8 Å². The zero-order valence-corrected chi connectivity index (χ0v) is 20.7. The minimum Gasteiger partial charge on any atom is -0.496 e. The van der Waals surface area contributed by atoms with Gasteiger partial charge in [-0.25, -0.2) is 4.39 Å². The molecule has 0 saturated carbocycles. The first-order valence-electron chi connectivity index (χ1n) is 11.3. The normalized spacial score (nSPS) is 17.5. The van der Waals surface area contributed by atoms with Crippen molar-refractivity contribution in [3.05, 3.63) is 99.8 Å². The van der Waals surface area contributed by atoms with E-state index in [9.17, 15) is 27.2 Å². The lowest BCUT2D eigenvalue weighted by molar-refractivity contribution is -0.138. The number of methoxy groups -OCH3 is 1. The third kappa shape index (κ3) is 5.56. The van der Waals surface area contributed by atoms with E-state index in [1.165, 1.54) is 42.3 Å². The molecule has 1 aliphatic rings. The minimum atomic E-state index is -4.71. The second kappa shape index (κ2) is 10.4. The molecule has 0 N–H and O–H groups in total. The SMILES string of the molecule is COc1ccc(C(=O)N(C)[C@H]2CN(C(=O)c3ccc(F)cc3)C[C@@H]2c2ccc(Cl)cc2)cc1C(F)(F)F. The largest absolute Gasteiger partial charge is 0.496 e. The number of likely N-dealkylation sites (tertiary alicyclic amines) is 1. The summed E-state index contributed by atoms with van der Waals surface area (Å²) in [7, 11) is 2.62. The topological polar surface area (TPSA) is 49.9 Å². The highest BCUT2D eigenvalue weighted by molar-refractivity contribution is 6.30. The number of amides is 2. The molecule has 0 bridgehead atoms. The summed E-state index contributed by atoms with van der Waals surface area (Å²) in [5.74, 6) is -2.17. The van der Waals surface area contributed by atoms with Gasteiger partial charge in [0, 0.05) is 42.2 Å². The minimum absolute atomic E-state index is 0.133. The van der Waals surface area contributed by atoms with Gasteiger partial charge in [0.05, 0.1) is 18.7 Å². The maximum absolute atomic E-state index is 13.5. The number of carbonyl (C=O) groups excluding carboxylic acids is 2. The molecule has 1 aliphatic heterocycles. The molecule has 5 nitrogen and oxygen atoms in total. The highest BCUT2D eigenvalue weighted by Gasteiger charge is 2.41. The highest BCUT2D eigenvalue weighted by Crippen LogP contribution is 2.38. The number of benzene rings is 3. The van der Waals surface area contributed by atoms with Crippen molar-refractivity contribution in [1.82, 2.24) is 9.80 Å². The van der Waals surface area contributed by atoms with E-state index in [-0.39, 0.29) is 41.8 Å². The summed E-state index contributed by atoms with van der Waals surface area (Å²) >= 11 is 6.03. The molecule has 10 heteroatoms. The lowest BCUT2D eigenvalue weighted by atomic mass is 9.93. The molecular formula is C27H23ClF4N2O3. The van der Waals surface area contributed by atoms with E-state index in [4.69, 9.17) is 16.3 Å². The molecule has 0 spiro atoms. The van der Waals surface area contributed by atoms with Crippen LogP contribution in [0.2, 0.25) is 5.02 Å². The number of hydrogen-bond donors (Lipinski definition) is 0. The third-order valence-electron chi connectivity index (χ3n) is 6.54. The van der Waals surface area contributed by atoms with Gasteiger partial charge in [-0.3, -0.25) is 9.59 Å². The van der Waals surface area contributed by atoms with Crippen LogP contribution in [0.25, 0.3) is 0 Å². The van der Waals surface area contributed by atoms with Gasteiger partial charge in [0.1, 0.15) is 11.6 Å². The second-order valence-corrected chi connectivity index (χ2v) is 9.21. The first-order valence-corrected chi connectivity index (χ1v) is 11.7. The van der Waals surface area contributed by atoms with Crippen molar-refractivity contribution < 1.29 is 31.9 Å². The predicted molar refractivity (Wildman–Crippen MR) is 130 cm³/mol. The second-order valence-electron chi connectivity index (χ2n) is 8.77. The van der Waals surface area contributed by atoms with Gasteiger partial charge in [0.25, 0.3) is 11.8 Å². The summed E-state index contributed by atoms with van der Waals surface area (Å²) in [5.41, 5.74) is -0.109. The van der Waals surface area contributed by atoms with Crippen LogP contribution >= 0.6 is 11.6 Å². The first-order chi connectivity index (χ1) is 17.5. The summed E-state index contributed by atoms with van der Waals surface area (Å²) in [4.78, 5) is 29.5. The van der Waals surface area contributed by atoms with Crippen molar-refractivity contribution >= 4 is 23.4 Å². The van der Waals surface area contributed by atoms with Crippen LogP contribution in [0, 0.1) is 5.82 Å². The van der Waals surface area contributed by atoms with Gasteiger partial charge in [-0.05, 0) is 60.2 Å². The maximum atomic E-state index is 13.5. The van der Waals surface area contributed by atoms with E-state index in [2.05, 4.69) is 0 Å². The molecule has 1 heterocycles. The molecule has 0 aromatic heterocycles. The monoisotopic (exact) mass is 534 g/mol. The smallest absolute Gasteiger partial charge is 0.419 e. The molecule has 4 rings (SSSR count). The summed E-state index contributed by atoms with van der Waals surface area (Å²) < 4.78 is 58.8. The average molecular weight is 535 g/mol. The number of carbonyl (C=O) groups is 2. The van der Waals surface area contributed by atoms with Crippen LogP contribution in [0.5, 0.6) is 5.75 Å². The Morgan fingerprint density at radius 3 is 2.19 bits per heavy atom. The number of alkyl halides is 3. The summed E-state index contributed by atoms with van der Waals surface area (Å²) in [6.45, 7) is 0.380. The van der Waals surface area contributed by atoms with E-state index < -0.39 is 29.5 Å². The van der Waals surface area contributed by atoms with Crippen LogP contribution in [-0.2, 0) is 6.18 Å². The molecule has 37 heavy (non-hydrogen) atoms. The molecule has 0 aliphatic carbocycles. The van der Waals surface area contributed by atoms with E-state index >= 15 is 0 Å². The molecule has 2 amide bonds. The van der Waals surface area contributed by atoms with Crippen LogP contribution < -0.4 is 4.74 Å². The lowest BCUT2D eigenvalue weighted by Crippen LogP contribution is -2.42. The van der Waals surface area contributed by atoms with Gasteiger partial charge in [0.2, 0.25) is 0 Å². The molecule has 1 saturated heterocycles. The van der Waals surface area contributed by atoms with Crippen molar-refractivity contribution in [1.29, 1.82) is 0 Å². The van der Waals surface area contributed by atoms with E-state index in [0.29, 0.717) is 5.02 Å². The Hall–Kier alpha value is -3.59. The zero-order chi connectivity index (χ0) is 26.9. The highest BCUT2D eigenvalue weighted by atomic mass is 35.5. The number of rotatable bonds is 5. The van der Waals surface area contributed by atoms with E-state index in [1.54, 1.807) is 29.2 Å². The fourth-order valence-corrected chi connectivity index (χ4v) is 4.70. The van der Waals surface area contributed by atoms with E-state index in [0.717, 1.165) is 24.8 Å². The van der Waals surface area contributed by atoms with Crippen molar-refractivity contribution in [2.45, 2.75) is 18.1 Å². The Morgan fingerprint density at radius 1 is 0.973 bits per heavy atom. The summed E-state index contributed by atoms with van der Waals surface area (Å²) in [6.07, 6.45) is -4.71. The van der Waals surface area contributed by atoms with Crippen LogP contribution in [0.3, 0.4) is 0 Å². The fraction of sp³-hybridized carbons (Fsp3) is 0.259. The predicted octanol–water partition coefficient (Wildman–Crippen LogP) is 5.89. The Morgan fingerprint density at radius 2 is 1.59 bits per heavy atom. The van der Waals surface area contributed by atoms with Gasteiger partial charge in [-0.2, -0.15) is 13.2 Å². The number of nitrogens with zero attached hydrogens (tertiary/aromatic N) is 2. The van der Waals surface area contributed by atoms with Crippen molar-refractivity contribution in [3.63, 3.8) is 0 Å². The number of likely N-dealkylation sites (N-methyl/N-ethyl adjacent to an activating group) is 1. The Kier molecular flexibility index (Phi) is 7.45. The van der Waals surface area contributed by atoms with Gasteiger partial charge in [0.15, 0.2) is 0 Å². The van der Waals surface area contributed by atoms with Crippen LogP contribution in [0.15, 0.2) is 66.7 Å². The summed E-state index contributed by atoms with van der Waals surface area (Å²) in [5, 5.41) is 0.514. The van der Waals surface area contributed by atoms with Gasteiger partial charge in [-0.1, -0.05) is 23.7 Å².